The first-order valence-corrected chi connectivity index (χ1v) is 7.66. The standard InChI is InChI=1S/C15H27NO2/c1-2-13-6-3-7-14(13)16-10-4-5-12(11-16)8-9-15(17)18/h12-14H,2-11H2,1H3,(H,17,18). The van der Waals surface area contributed by atoms with Gasteiger partial charge in [-0.05, 0) is 50.5 Å². The molecule has 3 atom stereocenters. The second-order valence-electron chi connectivity index (χ2n) is 6.10. The maximum atomic E-state index is 10.7. The molecule has 104 valence electrons. The van der Waals surface area contributed by atoms with Crippen molar-refractivity contribution in [3.05, 3.63) is 0 Å². The Bertz CT molecular complexity index is 280. The van der Waals surface area contributed by atoms with Gasteiger partial charge in [0.25, 0.3) is 0 Å². The fourth-order valence-corrected chi connectivity index (χ4v) is 3.94. The topological polar surface area (TPSA) is 40.5 Å². The number of carboxylic acids is 1. The van der Waals surface area contributed by atoms with Gasteiger partial charge in [-0.2, -0.15) is 0 Å². The number of aliphatic carboxylic acids is 1. The van der Waals surface area contributed by atoms with E-state index >= 15 is 0 Å². The average Bonchev–Trinajstić information content (AvgIpc) is 2.85. The molecular formula is C15H27NO2. The predicted octanol–water partition coefficient (Wildman–Crippen LogP) is 3.14. The smallest absolute Gasteiger partial charge is 0.303 e. The van der Waals surface area contributed by atoms with Crippen molar-refractivity contribution in [1.82, 2.24) is 4.90 Å². The molecule has 0 aromatic heterocycles. The first-order chi connectivity index (χ1) is 8.70. The van der Waals surface area contributed by atoms with Gasteiger partial charge in [0.1, 0.15) is 0 Å². The highest BCUT2D eigenvalue weighted by molar-refractivity contribution is 5.66. The molecule has 1 saturated carbocycles. The molecule has 1 N–H and O–H groups in total. The molecule has 0 amide bonds. The van der Waals surface area contributed by atoms with Crippen molar-refractivity contribution < 1.29 is 9.90 Å². The highest BCUT2D eigenvalue weighted by Gasteiger charge is 2.33. The molecule has 18 heavy (non-hydrogen) atoms. The fraction of sp³-hybridized carbons (Fsp3) is 0.933. The molecule has 1 heterocycles. The van der Waals surface area contributed by atoms with Gasteiger partial charge in [0.2, 0.25) is 0 Å². The van der Waals surface area contributed by atoms with E-state index in [9.17, 15) is 4.79 Å². The molecule has 2 fully saturated rings. The number of hydrogen-bond donors (Lipinski definition) is 1. The zero-order valence-electron chi connectivity index (χ0n) is 11.6. The molecule has 0 aromatic carbocycles. The van der Waals surface area contributed by atoms with Gasteiger partial charge in [-0.1, -0.05) is 19.8 Å². The Morgan fingerprint density at radius 1 is 1.28 bits per heavy atom. The zero-order valence-corrected chi connectivity index (χ0v) is 11.6. The van der Waals surface area contributed by atoms with Gasteiger partial charge < -0.3 is 5.11 Å². The number of nitrogens with zero attached hydrogens (tertiary/aromatic N) is 1. The normalized spacial score (nSPS) is 33.7. The second kappa shape index (κ2) is 6.55. The quantitative estimate of drug-likeness (QED) is 0.818. The lowest BCUT2D eigenvalue weighted by atomic mass is 9.90. The Hall–Kier alpha value is -0.570. The molecule has 1 saturated heterocycles. The first kappa shape index (κ1) is 13.9. The van der Waals surface area contributed by atoms with Gasteiger partial charge in [0, 0.05) is 19.0 Å². The van der Waals surface area contributed by atoms with E-state index in [1.807, 2.05) is 0 Å². The van der Waals surface area contributed by atoms with Crippen molar-refractivity contribution >= 4 is 5.97 Å². The summed E-state index contributed by atoms with van der Waals surface area (Å²) in [7, 11) is 0. The van der Waals surface area contributed by atoms with Crippen LogP contribution in [-0.4, -0.2) is 35.1 Å². The number of hydrogen-bond acceptors (Lipinski definition) is 2. The molecule has 0 spiro atoms. The maximum absolute atomic E-state index is 10.7. The summed E-state index contributed by atoms with van der Waals surface area (Å²) in [6.45, 7) is 4.70. The van der Waals surface area contributed by atoms with Gasteiger partial charge >= 0.3 is 5.97 Å². The van der Waals surface area contributed by atoms with Crippen LogP contribution in [0.1, 0.15) is 58.3 Å². The third kappa shape index (κ3) is 3.47. The van der Waals surface area contributed by atoms with Gasteiger partial charge in [-0.25, -0.2) is 0 Å². The maximum Gasteiger partial charge on any atom is 0.303 e. The van der Waals surface area contributed by atoms with Crippen LogP contribution >= 0.6 is 0 Å². The molecule has 3 nitrogen and oxygen atoms in total. The molecule has 0 aromatic rings. The lowest BCUT2D eigenvalue weighted by molar-refractivity contribution is -0.137. The third-order valence-electron chi connectivity index (χ3n) is 4.93. The van der Waals surface area contributed by atoms with E-state index in [1.165, 1.54) is 45.1 Å². The molecule has 1 aliphatic heterocycles. The summed E-state index contributed by atoms with van der Waals surface area (Å²) in [4.78, 5) is 13.3. The fourth-order valence-electron chi connectivity index (χ4n) is 3.94. The lowest BCUT2D eigenvalue weighted by Crippen LogP contribution is -2.44. The Kier molecular flexibility index (Phi) is 5.04. The van der Waals surface area contributed by atoms with Gasteiger partial charge in [-0.3, -0.25) is 9.69 Å². The van der Waals surface area contributed by atoms with Crippen LogP contribution in [0, 0.1) is 11.8 Å². The van der Waals surface area contributed by atoms with E-state index in [1.54, 1.807) is 0 Å². The van der Waals surface area contributed by atoms with Crippen molar-refractivity contribution in [2.45, 2.75) is 64.3 Å². The summed E-state index contributed by atoms with van der Waals surface area (Å²) in [5.41, 5.74) is 0. The number of piperidine rings is 1. The number of likely N-dealkylation sites (tertiary alicyclic amines) is 1. The van der Waals surface area contributed by atoms with Crippen LogP contribution in [0.2, 0.25) is 0 Å². The summed E-state index contributed by atoms with van der Waals surface area (Å²) in [5, 5.41) is 8.79. The van der Waals surface area contributed by atoms with Gasteiger partial charge in [0.15, 0.2) is 0 Å². The minimum Gasteiger partial charge on any atom is -0.481 e. The third-order valence-corrected chi connectivity index (χ3v) is 4.93. The monoisotopic (exact) mass is 253 g/mol. The molecule has 3 unspecified atom stereocenters. The Balaban J connectivity index is 1.84. The molecule has 2 aliphatic rings. The first-order valence-electron chi connectivity index (χ1n) is 7.66. The van der Waals surface area contributed by atoms with Crippen LogP contribution in [0.15, 0.2) is 0 Å². The minimum atomic E-state index is -0.639. The zero-order chi connectivity index (χ0) is 13.0. The summed E-state index contributed by atoms with van der Waals surface area (Å²) >= 11 is 0. The van der Waals surface area contributed by atoms with Crippen molar-refractivity contribution in [3.8, 4) is 0 Å². The number of carbonyl (C=O) groups is 1. The number of carboxylic acid groups (broad SMARTS) is 1. The highest BCUT2D eigenvalue weighted by atomic mass is 16.4. The second-order valence-corrected chi connectivity index (χ2v) is 6.10. The summed E-state index contributed by atoms with van der Waals surface area (Å²) < 4.78 is 0. The summed E-state index contributed by atoms with van der Waals surface area (Å²) in [6, 6.07) is 0.794. The van der Waals surface area contributed by atoms with Gasteiger partial charge in [-0.15, -0.1) is 0 Å². The molecule has 3 heteroatoms. The lowest BCUT2D eigenvalue weighted by Gasteiger charge is -2.39. The van der Waals surface area contributed by atoms with E-state index in [-0.39, 0.29) is 0 Å². The van der Waals surface area contributed by atoms with E-state index in [4.69, 9.17) is 5.11 Å². The summed E-state index contributed by atoms with van der Waals surface area (Å²) in [5.74, 6) is 0.871. The largest absolute Gasteiger partial charge is 0.481 e. The van der Waals surface area contributed by atoms with Crippen LogP contribution in [0.25, 0.3) is 0 Å². The molecule has 0 bridgehead atoms. The SMILES string of the molecule is CCC1CCCC1N1CCCC(CCC(=O)O)C1. The Labute approximate surface area is 111 Å². The number of rotatable bonds is 5. The highest BCUT2D eigenvalue weighted by Crippen LogP contribution is 2.35. The van der Waals surface area contributed by atoms with Gasteiger partial charge in [0.05, 0.1) is 0 Å². The van der Waals surface area contributed by atoms with Crippen LogP contribution in [0.4, 0.5) is 0 Å². The molecule has 1 aliphatic carbocycles. The molecular weight excluding hydrogens is 226 g/mol. The van der Waals surface area contributed by atoms with E-state index in [2.05, 4.69) is 11.8 Å². The average molecular weight is 253 g/mol. The van der Waals surface area contributed by atoms with Crippen molar-refractivity contribution in [3.63, 3.8) is 0 Å². The minimum absolute atomic E-state index is 0.348. The van der Waals surface area contributed by atoms with Crippen molar-refractivity contribution in [2.75, 3.05) is 13.1 Å². The van der Waals surface area contributed by atoms with E-state index < -0.39 is 5.97 Å². The predicted molar refractivity (Wildman–Crippen MR) is 72.6 cm³/mol. The van der Waals surface area contributed by atoms with Crippen LogP contribution < -0.4 is 0 Å². The molecule has 0 radical (unpaired) electrons. The van der Waals surface area contributed by atoms with E-state index in [0.717, 1.165) is 24.9 Å². The van der Waals surface area contributed by atoms with Crippen molar-refractivity contribution in [1.29, 1.82) is 0 Å². The van der Waals surface area contributed by atoms with E-state index in [0.29, 0.717) is 12.3 Å². The summed E-state index contributed by atoms with van der Waals surface area (Å²) in [6.07, 6.45) is 9.17. The Morgan fingerprint density at radius 2 is 2.11 bits per heavy atom. The van der Waals surface area contributed by atoms with Crippen LogP contribution in [0.5, 0.6) is 0 Å². The Morgan fingerprint density at radius 3 is 2.83 bits per heavy atom. The van der Waals surface area contributed by atoms with Crippen molar-refractivity contribution in [2.24, 2.45) is 11.8 Å². The van der Waals surface area contributed by atoms with Crippen LogP contribution in [-0.2, 0) is 4.79 Å². The molecule has 2 rings (SSSR count). The van der Waals surface area contributed by atoms with Crippen LogP contribution in [0.3, 0.4) is 0 Å².